The zero-order chi connectivity index (χ0) is 16.9. The fourth-order valence-electron chi connectivity index (χ4n) is 2.29. The summed E-state index contributed by atoms with van der Waals surface area (Å²) in [5.41, 5.74) is 2.26. The van der Waals surface area contributed by atoms with E-state index in [1.807, 2.05) is 29.1 Å². The molecule has 0 spiro atoms. The number of methoxy groups -OCH3 is 1. The Morgan fingerprint density at radius 1 is 1.25 bits per heavy atom. The van der Waals surface area contributed by atoms with Crippen LogP contribution in [0.4, 0.5) is 5.69 Å². The SMILES string of the molecule is COc1ccc(NC(=O)c2ccc(Cn3cccn3)cc2)cc1Cl. The highest BCUT2D eigenvalue weighted by Crippen LogP contribution is 2.27. The van der Waals surface area contributed by atoms with Crippen LogP contribution in [0.15, 0.2) is 60.9 Å². The quantitative estimate of drug-likeness (QED) is 0.767. The maximum atomic E-state index is 12.3. The first-order chi connectivity index (χ1) is 11.7. The standard InChI is InChI=1S/C18H16ClN3O2/c1-24-17-8-7-15(11-16(17)19)21-18(23)14-5-3-13(4-6-14)12-22-10-2-9-20-22/h2-11H,12H2,1H3,(H,21,23). The Labute approximate surface area is 144 Å². The van der Waals surface area contributed by atoms with Crippen molar-refractivity contribution in [3.63, 3.8) is 0 Å². The summed E-state index contributed by atoms with van der Waals surface area (Å²) >= 11 is 6.06. The molecule has 24 heavy (non-hydrogen) atoms. The van der Waals surface area contributed by atoms with Crippen LogP contribution in [0.25, 0.3) is 0 Å². The number of anilines is 1. The van der Waals surface area contributed by atoms with Crippen molar-refractivity contribution in [2.75, 3.05) is 12.4 Å². The predicted molar refractivity (Wildman–Crippen MR) is 93.7 cm³/mol. The van der Waals surface area contributed by atoms with Gasteiger partial charge in [0.1, 0.15) is 5.75 Å². The van der Waals surface area contributed by atoms with Crippen molar-refractivity contribution in [1.82, 2.24) is 9.78 Å². The Kier molecular flexibility index (Phi) is 4.82. The van der Waals surface area contributed by atoms with Crippen LogP contribution in [0.3, 0.4) is 0 Å². The predicted octanol–water partition coefficient (Wildman–Crippen LogP) is 3.85. The Balaban J connectivity index is 1.67. The first-order valence-corrected chi connectivity index (χ1v) is 7.75. The number of amides is 1. The number of ether oxygens (including phenoxy) is 1. The number of benzene rings is 2. The molecule has 0 aliphatic rings. The molecule has 1 heterocycles. The van der Waals surface area contributed by atoms with E-state index in [4.69, 9.17) is 16.3 Å². The Hall–Kier alpha value is -2.79. The van der Waals surface area contributed by atoms with Crippen molar-refractivity contribution >= 4 is 23.2 Å². The summed E-state index contributed by atoms with van der Waals surface area (Å²) in [4.78, 5) is 12.3. The summed E-state index contributed by atoms with van der Waals surface area (Å²) in [6.45, 7) is 0.670. The van der Waals surface area contributed by atoms with Gasteiger partial charge in [-0.3, -0.25) is 9.48 Å². The van der Waals surface area contributed by atoms with Crippen molar-refractivity contribution in [2.24, 2.45) is 0 Å². The van der Waals surface area contributed by atoms with Crippen LogP contribution < -0.4 is 10.1 Å². The summed E-state index contributed by atoms with van der Waals surface area (Å²) in [6.07, 6.45) is 3.63. The molecule has 0 saturated carbocycles. The third-order valence-electron chi connectivity index (χ3n) is 3.53. The number of carbonyl (C=O) groups is 1. The van der Waals surface area contributed by atoms with Gasteiger partial charge in [-0.2, -0.15) is 5.10 Å². The molecule has 0 bridgehead atoms. The zero-order valence-electron chi connectivity index (χ0n) is 13.1. The Bertz CT molecular complexity index is 830. The van der Waals surface area contributed by atoms with Gasteiger partial charge in [0.15, 0.2) is 0 Å². The second-order valence-corrected chi connectivity index (χ2v) is 5.61. The fraction of sp³-hybridized carbons (Fsp3) is 0.111. The first-order valence-electron chi connectivity index (χ1n) is 7.37. The van der Waals surface area contributed by atoms with Crippen LogP contribution >= 0.6 is 11.6 Å². The van der Waals surface area contributed by atoms with Crippen molar-refractivity contribution in [1.29, 1.82) is 0 Å². The summed E-state index contributed by atoms with van der Waals surface area (Å²) in [7, 11) is 1.55. The van der Waals surface area contributed by atoms with E-state index >= 15 is 0 Å². The minimum atomic E-state index is -0.193. The fourth-order valence-corrected chi connectivity index (χ4v) is 2.55. The van der Waals surface area contributed by atoms with Gasteiger partial charge in [0.2, 0.25) is 0 Å². The molecular formula is C18H16ClN3O2. The first kappa shape index (κ1) is 16.1. The van der Waals surface area contributed by atoms with Gasteiger partial charge in [-0.05, 0) is 42.0 Å². The largest absolute Gasteiger partial charge is 0.495 e. The highest BCUT2D eigenvalue weighted by Gasteiger charge is 2.08. The number of halogens is 1. The van der Waals surface area contributed by atoms with Crippen molar-refractivity contribution in [2.45, 2.75) is 6.54 Å². The van der Waals surface area contributed by atoms with Gasteiger partial charge in [0, 0.05) is 23.6 Å². The molecule has 0 unspecified atom stereocenters. The minimum absolute atomic E-state index is 0.193. The summed E-state index contributed by atoms with van der Waals surface area (Å²) < 4.78 is 6.92. The maximum absolute atomic E-state index is 12.3. The average molecular weight is 342 g/mol. The molecule has 3 rings (SSSR count). The molecule has 0 atom stereocenters. The molecule has 1 aromatic heterocycles. The van der Waals surface area contributed by atoms with Gasteiger partial charge < -0.3 is 10.1 Å². The summed E-state index contributed by atoms with van der Waals surface area (Å²) in [5.74, 6) is 0.375. The molecule has 0 radical (unpaired) electrons. The van der Waals surface area contributed by atoms with Crippen molar-refractivity contribution in [3.05, 3.63) is 77.1 Å². The van der Waals surface area contributed by atoms with Crippen molar-refractivity contribution < 1.29 is 9.53 Å². The van der Waals surface area contributed by atoms with Gasteiger partial charge in [-0.1, -0.05) is 23.7 Å². The van der Waals surface area contributed by atoms with Crippen molar-refractivity contribution in [3.8, 4) is 5.75 Å². The highest BCUT2D eigenvalue weighted by atomic mass is 35.5. The molecule has 122 valence electrons. The molecule has 0 saturated heterocycles. The van der Waals surface area contributed by atoms with Gasteiger partial charge in [-0.15, -0.1) is 0 Å². The van der Waals surface area contributed by atoms with Crippen LogP contribution in [-0.4, -0.2) is 22.8 Å². The molecule has 2 aromatic carbocycles. The third-order valence-corrected chi connectivity index (χ3v) is 3.82. The number of nitrogens with zero attached hydrogens (tertiary/aromatic N) is 2. The molecule has 6 heteroatoms. The molecule has 3 aromatic rings. The van der Waals surface area contributed by atoms with E-state index in [0.717, 1.165) is 5.56 Å². The summed E-state index contributed by atoms with van der Waals surface area (Å²) in [6, 6.07) is 14.4. The smallest absolute Gasteiger partial charge is 0.255 e. The van der Waals surface area contributed by atoms with E-state index in [9.17, 15) is 4.79 Å². The number of hydrogen-bond donors (Lipinski definition) is 1. The topological polar surface area (TPSA) is 56.1 Å². The number of rotatable bonds is 5. The Morgan fingerprint density at radius 2 is 2.04 bits per heavy atom. The lowest BCUT2D eigenvalue weighted by Crippen LogP contribution is -2.12. The monoisotopic (exact) mass is 341 g/mol. The maximum Gasteiger partial charge on any atom is 0.255 e. The molecule has 0 aliphatic carbocycles. The lowest BCUT2D eigenvalue weighted by molar-refractivity contribution is 0.102. The Morgan fingerprint density at radius 3 is 2.67 bits per heavy atom. The second-order valence-electron chi connectivity index (χ2n) is 5.20. The molecule has 1 amide bonds. The van der Waals surface area contributed by atoms with Gasteiger partial charge in [0.05, 0.1) is 18.7 Å². The van der Waals surface area contributed by atoms with Crippen LogP contribution in [0.2, 0.25) is 5.02 Å². The minimum Gasteiger partial charge on any atom is -0.495 e. The van der Waals surface area contributed by atoms with E-state index in [2.05, 4.69) is 10.4 Å². The van der Waals surface area contributed by atoms with E-state index in [0.29, 0.717) is 28.6 Å². The number of aromatic nitrogens is 2. The highest BCUT2D eigenvalue weighted by molar-refractivity contribution is 6.32. The van der Waals surface area contributed by atoms with Gasteiger partial charge in [-0.25, -0.2) is 0 Å². The van der Waals surface area contributed by atoms with Crippen LogP contribution in [-0.2, 0) is 6.54 Å². The second kappa shape index (κ2) is 7.19. The van der Waals surface area contributed by atoms with Gasteiger partial charge >= 0.3 is 0 Å². The molecule has 0 aliphatic heterocycles. The molecule has 1 N–H and O–H groups in total. The molecular weight excluding hydrogens is 326 g/mol. The van der Waals surface area contributed by atoms with E-state index in [1.165, 1.54) is 0 Å². The van der Waals surface area contributed by atoms with E-state index in [-0.39, 0.29) is 5.91 Å². The van der Waals surface area contributed by atoms with Crippen LogP contribution in [0, 0.1) is 0 Å². The number of nitrogens with one attached hydrogen (secondary N) is 1. The van der Waals surface area contributed by atoms with E-state index < -0.39 is 0 Å². The zero-order valence-corrected chi connectivity index (χ0v) is 13.8. The van der Waals surface area contributed by atoms with Gasteiger partial charge in [0.25, 0.3) is 5.91 Å². The molecule has 0 fully saturated rings. The third kappa shape index (κ3) is 3.75. The van der Waals surface area contributed by atoms with Crippen LogP contribution in [0.5, 0.6) is 5.75 Å². The van der Waals surface area contributed by atoms with Crippen LogP contribution in [0.1, 0.15) is 15.9 Å². The normalized spacial score (nSPS) is 10.4. The lowest BCUT2D eigenvalue weighted by atomic mass is 10.1. The van der Waals surface area contributed by atoms with E-state index in [1.54, 1.807) is 43.6 Å². The average Bonchev–Trinajstić information content (AvgIpc) is 3.08. The number of hydrogen-bond acceptors (Lipinski definition) is 3. The lowest BCUT2D eigenvalue weighted by Gasteiger charge is -2.09. The molecule has 5 nitrogen and oxygen atoms in total. The summed E-state index contributed by atoms with van der Waals surface area (Å²) in [5, 5.41) is 7.43. The number of carbonyl (C=O) groups excluding carboxylic acids is 1.